The number of benzene rings is 2. The van der Waals surface area contributed by atoms with Crippen LogP contribution in [0.2, 0.25) is 0 Å². The molecule has 1 fully saturated rings. The zero-order chi connectivity index (χ0) is 23.0. The lowest BCUT2D eigenvalue weighted by molar-refractivity contribution is 0.0962. The van der Waals surface area contributed by atoms with Crippen molar-refractivity contribution in [3.05, 3.63) is 53.6 Å². The van der Waals surface area contributed by atoms with E-state index in [1.165, 1.54) is 28.6 Å². The van der Waals surface area contributed by atoms with Crippen molar-refractivity contribution in [3.8, 4) is 0 Å². The van der Waals surface area contributed by atoms with Crippen LogP contribution >= 0.6 is 11.3 Å². The summed E-state index contributed by atoms with van der Waals surface area (Å²) in [5.41, 5.74) is 5.24. The van der Waals surface area contributed by atoms with Crippen molar-refractivity contribution in [3.63, 3.8) is 0 Å². The fourth-order valence-corrected chi connectivity index (χ4v) is 6.46. The zero-order valence-electron chi connectivity index (χ0n) is 17.4. The van der Waals surface area contributed by atoms with E-state index in [1.54, 1.807) is 0 Å². The maximum Gasteiger partial charge on any atom is 0.269 e. The molecule has 1 aliphatic rings. The van der Waals surface area contributed by atoms with Gasteiger partial charge in [-0.25, -0.2) is 22.2 Å². The van der Waals surface area contributed by atoms with Gasteiger partial charge in [0.2, 0.25) is 15.2 Å². The van der Waals surface area contributed by atoms with Crippen LogP contribution in [-0.4, -0.2) is 36.7 Å². The quantitative estimate of drug-likeness (QED) is 0.539. The topological polar surface area (TPSA) is 91.4 Å². The Morgan fingerprint density at radius 3 is 2.44 bits per heavy atom. The molecule has 0 saturated carbocycles. The van der Waals surface area contributed by atoms with Crippen LogP contribution in [0.4, 0.5) is 13.9 Å². The number of aromatic nitrogens is 1. The van der Waals surface area contributed by atoms with Gasteiger partial charge in [0.1, 0.15) is 11.3 Å². The Balaban J connectivity index is 1.44. The lowest BCUT2D eigenvalue weighted by Gasteiger charge is -2.34. The Hall–Kier alpha value is -2.63. The van der Waals surface area contributed by atoms with E-state index < -0.39 is 27.6 Å². The van der Waals surface area contributed by atoms with Gasteiger partial charge in [-0.05, 0) is 48.6 Å². The smallest absolute Gasteiger partial charge is 0.269 e. The van der Waals surface area contributed by atoms with Crippen LogP contribution in [-0.2, 0) is 10.0 Å². The van der Waals surface area contributed by atoms with Crippen LogP contribution in [0.5, 0.6) is 0 Å². The van der Waals surface area contributed by atoms with Gasteiger partial charge in [0.25, 0.3) is 5.91 Å². The molecule has 7 nitrogen and oxygen atoms in total. The SMILES string of the molecule is CC1CC(C)CN(S(=O)(=O)c2ccc(C(=O)NNc3nc4c(F)cc(F)cc4s3)cc2)C1. The van der Waals surface area contributed by atoms with Gasteiger partial charge in [0.15, 0.2) is 5.82 Å². The highest BCUT2D eigenvalue weighted by Crippen LogP contribution is 2.29. The van der Waals surface area contributed by atoms with Crippen molar-refractivity contribution in [2.75, 3.05) is 18.5 Å². The molecule has 2 N–H and O–H groups in total. The number of carbonyl (C=O) groups is 1. The molecular formula is C21H22F2N4O3S2. The van der Waals surface area contributed by atoms with Gasteiger partial charge in [-0.1, -0.05) is 25.2 Å². The number of anilines is 1. The van der Waals surface area contributed by atoms with Gasteiger partial charge in [0, 0.05) is 24.7 Å². The zero-order valence-corrected chi connectivity index (χ0v) is 19.1. The molecule has 2 unspecified atom stereocenters. The number of hydrogen-bond acceptors (Lipinski definition) is 6. The summed E-state index contributed by atoms with van der Waals surface area (Å²) in [6.45, 7) is 5.03. The first-order valence-electron chi connectivity index (χ1n) is 10.1. The van der Waals surface area contributed by atoms with Gasteiger partial charge in [-0.15, -0.1) is 0 Å². The number of hydrogen-bond donors (Lipinski definition) is 2. The maximum atomic E-state index is 13.8. The van der Waals surface area contributed by atoms with E-state index in [9.17, 15) is 22.0 Å². The molecule has 0 aliphatic carbocycles. The first kappa shape index (κ1) is 22.6. The number of rotatable bonds is 5. The molecule has 3 aromatic rings. The maximum absolute atomic E-state index is 13.8. The molecule has 0 spiro atoms. The molecule has 4 rings (SSSR count). The Morgan fingerprint density at radius 2 is 1.78 bits per heavy atom. The molecule has 170 valence electrons. The van der Waals surface area contributed by atoms with Crippen molar-refractivity contribution >= 4 is 42.6 Å². The third kappa shape index (κ3) is 4.59. The summed E-state index contributed by atoms with van der Waals surface area (Å²) in [7, 11) is -3.64. The van der Waals surface area contributed by atoms with Gasteiger partial charge in [-0.2, -0.15) is 4.31 Å². The summed E-state index contributed by atoms with van der Waals surface area (Å²) in [5.74, 6) is -1.45. The fraction of sp³-hybridized carbons (Fsp3) is 0.333. The summed E-state index contributed by atoms with van der Waals surface area (Å²) < 4.78 is 54.8. The first-order valence-corrected chi connectivity index (χ1v) is 12.3. The highest BCUT2D eigenvalue weighted by Gasteiger charge is 2.31. The van der Waals surface area contributed by atoms with E-state index in [1.807, 2.05) is 13.8 Å². The second-order valence-electron chi connectivity index (χ2n) is 8.12. The van der Waals surface area contributed by atoms with Crippen molar-refractivity contribution in [1.82, 2.24) is 14.7 Å². The fourth-order valence-electron chi connectivity index (χ4n) is 3.92. The molecule has 32 heavy (non-hydrogen) atoms. The Labute approximate surface area is 188 Å². The molecule has 1 aromatic heterocycles. The largest absolute Gasteiger partial charge is 0.273 e. The highest BCUT2D eigenvalue weighted by molar-refractivity contribution is 7.89. The lowest BCUT2D eigenvalue weighted by Crippen LogP contribution is -2.42. The molecule has 1 amide bonds. The van der Waals surface area contributed by atoms with Crippen LogP contribution in [0.15, 0.2) is 41.3 Å². The van der Waals surface area contributed by atoms with Crippen LogP contribution in [0.1, 0.15) is 30.6 Å². The summed E-state index contributed by atoms with van der Waals surface area (Å²) in [5, 5.41) is 0.186. The highest BCUT2D eigenvalue weighted by atomic mass is 32.2. The van der Waals surface area contributed by atoms with E-state index in [0.29, 0.717) is 17.8 Å². The van der Waals surface area contributed by atoms with Crippen LogP contribution in [0.25, 0.3) is 10.2 Å². The van der Waals surface area contributed by atoms with Gasteiger partial charge in [-0.3, -0.25) is 15.6 Å². The van der Waals surface area contributed by atoms with Crippen molar-refractivity contribution in [2.45, 2.75) is 25.2 Å². The molecule has 1 saturated heterocycles. The third-order valence-corrected chi connectivity index (χ3v) is 8.05. The molecule has 0 bridgehead atoms. The second-order valence-corrected chi connectivity index (χ2v) is 11.1. The minimum absolute atomic E-state index is 0.00376. The van der Waals surface area contributed by atoms with Crippen molar-refractivity contribution in [1.29, 1.82) is 0 Å². The first-order chi connectivity index (χ1) is 15.1. The minimum Gasteiger partial charge on any atom is -0.273 e. The third-order valence-electron chi connectivity index (χ3n) is 5.29. The van der Waals surface area contributed by atoms with Gasteiger partial charge < -0.3 is 0 Å². The number of hydrazine groups is 1. The van der Waals surface area contributed by atoms with E-state index in [-0.39, 0.29) is 32.9 Å². The van der Waals surface area contributed by atoms with Crippen LogP contribution in [0.3, 0.4) is 0 Å². The number of nitrogens with one attached hydrogen (secondary N) is 2. The molecule has 1 aliphatic heterocycles. The average Bonchev–Trinajstić information content (AvgIpc) is 3.14. The van der Waals surface area contributed by atoms with E-state index in [2.05, 4.69) is 15.8 Å². The number of thiazole rings is 1. The number of carbonyl (C=O) groups excluding carboxylic acids is 1. The van der Waals surface area contributed by atoms with E-state index in [4.69, 9.17) is 0 Å². The normalized spacial score (nSPS) is 19.8. The summed E-state index contributed by atoms with van der Waals surface area (Å²) in [4.78, 5) is 16.5. The molecule has 0 radical (unpaired) electrons. The Kier molecular flexibility index (Phi) is 6.15. The monoisotopic (exact) mass is 480 g/mol. The predicted molar refractivity (Wildman–Crippen MR) is 119 cm³/mol. The average molecular weight is 481 g/mol. The van der Waals surface area contributed by atoms with Gasteiger partial charge >= 0.3 is 0 Å². The summed E-state index contributed by atoms with van der Waals surface area (Å²) in [6, 6.07) is 7.56. The van der Waals surface area contributed by atoms with Crippen LogP contribution in [0, 0.1) is 23.5 Å². The number of fused-ring (bicyclic) bond motifs is 1. The number of halogens is 2. The van der Waals surface area contributed by atoms with E-state index >= 15 is 0 Å². The molecular weight excluding hydrogens is 458 g/mol. The van der Waals surface area contributed by atoms with Crippen molar-refractivity contribution < 1.29 is 22.0 Å². The molecule has 2 atom stereocenters. The minimum atomic E-state index is -3.64. The lowest BCUT2D eigenvalue weighted by atomic mass is 9.94. The molecule has 11 heteroatoms. The number of nitrogens with zero attached hydrogens (tertiary/aromatic N) is 2. The number of sulfonamides is 1. The Bertz CT molecular complexity index is 1250. The molecule has 2 heterocycles. The number of amides is 1. The summed E-state index contributed by atoms with van der Waals surface area (Å²) in [6.07, 6.45) is 0.994. The predicted octanol–water partition coefficient (Wildman–Crippen LogP) is 4.00. The second kappa shape index (κ2) is 8.72. The van der Waals surface area contributed by atoms with Crippen LogP contribution < -0.4 is 10.9 Å². The number of piperidine rings is 1. The molecule has 2 aromatic carbocycles. The standard InChI is InChI=1S/C21H22F2N4O3S2/c1-12-7-13(2)11-27(10-12)32(29,30)16-5-3-14(4-6-16)20(28)25-26-21-24-19-17(23)8-15(22)9-18(19)31-21/h3-6,8-9,12-13H,7,10-11H2,1-2H3,(H,24,26)(H,25,28). The Morgan fingerprint density at radius 1 is 1.12 bits per heavy atom. The van der Waals surface area contributed by atoms with Gasteiger partial charge in [0.05, 0.1) is 9.60 Å². The van der Waals surface area contributed by atoms with Crippen molar-refractivity contribution in [2.24, 2.45) is 11.8 Å². The van der Waals surface area contributed by atoms with E-state index in [0.717, 1.165) is 29.9 Å². The summed E-state index contributed by atoms with van der Waals surface area (Å²) >= 11 is 0.983.